The molecule has 0 unspecified atom stereocenters. The summed E-state index contributed by atoms with van der Waals surface area (Å²) >= 11 is 0. The van der Waals surface area contributed by atoms with E-state index in [9.17, 15) is 9.18 Å². The molecule has 3 aromatic rings. The van der Waals surface area contributed by atoms with Gasteiger partial charge in [-0.2, -0.15) is 4.98 Å². The van der Waals surface area contributed by atoms with Crippen LogP contribution in [0, 0.1) is 12.7 Å². The topological polar surface area (TPSA) is 98.3 Å². The van der Waals surface area contributed by atoms with Crippen molar-refractivity contribution in [1.29, 1.82) is 0 Å². The van der Waals surface area contributed by atoms with Gasteiger partial charge in [0.2, 0.25) is 17.6 Å². The number of aromatic nitrogens is 3. The molecule has 3 rings (SSSR count). The molecule has 0 amide bonds. The molecule has 0 fully saturated rings. The largest absolute Gasteiger partial charge is 0.478 e. The minimum atomic E-state index is -1.11. The molecule has 0 radical (unpaired) electrons. The average Bonchev–Trinajstić information content (AvgIpc) is 3.06. The number of halogens is 1. The SMILES string of the molecule is C=C(Cc1nc(-c2ccc(Oc3ncc(F)cc3C)cc2)no1)C(=O)O. The highest BCUT2D eigenvalue weighted by Crippen LogP contribution is 2.25. The van der Waals surface area contributed by atoms with Gasteiger partial charge in [-0.3, -0.25) is 0 Å². The molecule has 0 bridgehead atoms. The van der Waals surface area contributed by atoms with E-state index in [0.717, 1.165) is 6.20 Å². The van der Waals surface area contributed by atoms with Gasteiger partial charge in [0.1, 0.15) is 11.6 Å². The highest BCUT2D eigenvalue weighted by atomic mass is 19.1. The molecule has 26 heavy (non-hydrogen) atoms. The Morgan fingerprint density at radius 2 is 2.08 bits per heavy atom. The Morgan fingerprint density at radius 3 is 2.73 bits per heavy atom. The Morgan fingerprint density at radius 1 is 1.35 bits per heavy atom. The Labute approximate surface area is 147 Å². The summed E-state index contributed by atoms with van der Waals surface area (Å²) in [5.41, 5.74) is 1.21. The second kappa shape index (κ2) is 7.14. The minimum Gasteiger partial charge on any atom is -0.478 e. The van der Waals surface area contributed by atoms with Crippen molar-refractivity contribution in [3.63, 3.8) is 0 Å². The lowest BCUT2D eigenvalue weighted by molar-refractivity contribution is -0.132. The maximum absolute atomic E-state index is 13.1. The minimum absolute atomic E-state index is 0.0287. The maximum atomic E-state index is 13.1. The first-order valence-corrected chi connectivity index (χ1v) is 7.56. The number of pyridine rings is 1. The summed E-state index contributed by atoms with van der Waals surface area (Å²) in [5, 5.41) is 12.6. The highest BCUT2D eigenvalue weighted by molar-refractivity contribution is 5.86. The van der Waals surface area contributed by atoms with E-state index in [1.54, 1.807) is 31.2 Å². The molecule has 0 aliphatic heterocycles. The van der Waals surface area contributed by atoms with Crippen LogP contribution in [-0.4, -0.2) is 26.2 Å². The third-order valence-electron chi connectivity index (χ3n) is 3.46. The first-order chi connectivity index (χ1) is 12.4. The van der Waals surface area contributed by atoms with Crippen molar-refractivity contribution in [3.05, 3.63) is 66.0 Å². The number of benzene rings is 1. The van der Waals surface area contributed by atoms with Crippen LogP contribution >= 0.6 is 0 Å². The summed E-state index contributed by atoms with van der Waals surface area (Å²) in [6.07, 6.45) is 1.06. The summed E-state index contributed by atoms with van der Waals surface area (Å²) in [6, 6.07) is 8.14. The molecule has 0 aliphatic carbocycles. The van der Waals surface area contributed by atoms with Crippen molar-refractivity contribution >= 4 is 5.97 Å². The fraction of sp³-hybridized carbons (Fsp3) is 0.111. The molecule has 0 aliphatic rings. The maximum Gasteiger partial charge on any atom is 0.331 e. The van der Waals surface area contributed by atoms with Crippen LogP contribution < -0.4 is 4.74 Å². The molecular weight excluding hydrogens is 341 g/mol. The summed E-state index contributed by atoms with van der Waals surface area (Å²) in [6.45, 7) is 5.12. The number of rotatable bonds is 6. The van der Waals surface area contributed by atoms with Gasteiger partial charge >= 0.3 is 5.97 Å². The molecule has 0 saturated carbocycles. The zero-order chi connectivity index (χ0) is 18.7. The first-order valence-electron chi connectivity index (χ1n) is 7.56. The van der Waals surface area contributed by atoms with Crippen LogP contribution in [-0.2, 0) is 11.2 Å². The summed E-state index contributed by atoms with van der Waals surface area (Å²) in [7, 11) is 0. The lowest BCUT2D eigenvalue weighted by Gasteiger charge is -2.07. The number of carboxylic acids is 1. The molecule has 2 aromatic heterocycles. The third kappa shape index (κ3) is 3.92. The van der Waals surface area contributed by atoms with E-state index in [1.165, 1.54) is 6.07 Å². The first kappa shape index (κ1) is 17.3. The van der Waals surface area contributed by atoms with E-state index in [0.29, 0.717) is 28.6 Å². The molecule has 132 valence electrons. The van der Waals surface area contributed by atoms with Crippen LogP contribution in [0.3, 0.4) is 0 Å². The standard InChI is InChI=1S/C18H14FN3O4/c1-10-7-13(19)9-20-17(10)25-14-5-3-12(4-6-14)16-21-15(26-22-16)8-11(2)18(23)24/h3-7,9H,2,8H2,1H3,(H,23,24). The average molecular weight is 355 g/mol. The number of hydrogen-bond donors (Lipinski definition) is 1. The van der Waals surface area contributed by atoms with Gasteiger partial charge in [0.05, 0.1) is 12.6 Å². The monoisotopic (exact) mass is 355 g/mol. The van der Waals surface area contributed by atoms with Crippen molar-refractivity contribution in [2.75, 3.05) is 0 Å². The van der Waals surface area contributed by atoms with Gasteiger partial charge in [0.25, 0.3) is 0 Å². The fourth-order valence-corrected chi connectivity index (χ4v) is 2.12. The van der Waals surface area contributed by atoms with Crippen molar-refractivity contribution in [1.82, 2.24) is 15.1 Å². The van der Waals surface area contributed by atoms with E-state index in [2.05, 4.69) is 21.7 Å². The zero-order valence-electron chi connectivity index (χ0n) is 13.8. The summed E-state index contributed by atoms with van der Waals surface area (Å²) in [4.78, 5) is 18.8. The van der Waals surface area contributed by atoms with Gasteiger partial charge in [-0.05, 0) is 37.3 Å². The highest BCUT2D eigenvalue weighted by Gasteiger charge is 2.13. The smallest absolute Gasteiger partial charge is 0.331 e. The second-order valence-corrected chi connectivity index (χ2v) is 5.50. The lowest BCUT2D eigenvalue weighted by Crippen LogP contribution is -2.02. The number of hydrogen-bond acceptors (Lipinski definition) is 6. The summed E-state index contributed by atoms with van der Waals surface area (Å²) < 4.78 is 23.7. The number of ether oxygens (including phenoxy) is 1. The lowest BCUT2D eigenvalue weighted by atomic mass is 10.2. The van der Waals surface area contributed by atoms with Crippen LogP contribution in [0.25, 0.3) is 11.4 Å². The van der Waals surface area contributed by atoms with Crippen LogP contribution in [0.2, 0.25) is 0 Å². The quantitative estimate of drug-likeness (QED) is 0.675. The van der Waals surface area contributed by atoms with Gasteiger partial charge in [-0.25, -0.2) is 14.2 Å². The van der Waals surface area contributed by atoms with Gasteiger partial charge in [0, 0.05) is 16.7 Å². The second-order valence-electron chi connectivity index (χ2n) is 5.50. The van der Waals surface area contributed by atoms with E-state index in [4.69, 9.17) is 14.4 Å². The van der Waals surface area contributed by atoms with E-state index >= 15 is 0 Å². The van der Waals surface area contributed by atoms with Crippen molar-refractivity contribution in [2.45, 2.75) is 13.3 Å². The van der Waals surface area contributed by atoms with Crippen LogP contribution in [0.5, 0.6) is 11.6 Å². The molecule has 0 spiro atoms. The number of nitrogens with zero attached hydrogens (tertiary/aromatic N) is 3. The third-order valence-corrected chi connectivity index (χ3v) is 3.46. The Bertz CT molecular complexity index is 967. The van der Waals surface area contributed by atoms with E-state index < -0.39 is 11.8 Å². The molecule has 7 nitrogen and oxygen atoms in total. The van der Waals surface area contributed by atoms with Gasteiger partial charge in [-0.1, -0.05) is 11.7 Å². The van der Waals surface area contributed by atoms with E-state index in [1.807, 2.05) is 0 Å². The van der Waals surface area contributed by atoms with Crippen molar-refractivity contribution in [3.8, 4) is 23.0 Å². The summed E-state index contributed by atoms with van der Waals surface area (Å²) in [5.74, 6) is -0.230. The molecule has 1 aromatic carbocycles. The number of aryl methyl sites for hydroxylation is 1. The number of carbonyl (C=O) groups is 1. The predicted molar refractivity (Wildman–Crippen MR) is 89.2 cm³/mol. The molecule has 8 heteroatoms. The van der Waals surface area contributed by atoms with Gasteiger partial charge < -0.3 is 14.4 Å². The fourth-order valence-electron chi connectivity index (χ4n) is 2.12. The Kier molecular flexibility index (Phi) is 4.74. The van der Waals surface area contributed by atoms with Crippen molar-refractivity contribution in [2.24, 2.45) is 0 Å². The normalized spacial score (nSPS) is 10.5. The van der Waals surface area contributed by atoms with Gasteiger partial charge in [0.15, 0.2) is 0 Å². The zero-order valence-corrected chi connectivity index (χ0v) is 13.8. The number of carboxylic acid groups (broad SMARTS) is 1. The molecular formula is C18H14FN3O4. The predicted octanol–water partition coefficient (Wildman–Crippen LogP) is 3.55. The number of aliphatic carboxylic acids is 1. The molecule has 1 N–H and O–H groups in total. The molecule has 0 atom stereocenters. The van der Waals surface area contributed by atoms with Crippen LogP contribution in [0.15, 0.2) is 53.2 Å². The van der Waals surface area contributed by atoms with Crippen LogP contribution in [0.1, 0.15) is 11.5 Å². The Hall–Kier alpha value is -3.55. The molecule has 2 heterocycles. The van der Waals surface area contributed by atoms with E-state index in [-0.39, 0.29) is 17.9 Å². The van der Waals surface area contributed by atoms with Crippen molar-refractivity contribution < 1.29 is 23.6 Å². The van der Waals surface area contributed by atoms with Crippen LogP contribution in [0.4, 0.5) is 4.39 Å². The molecule has 0 saturated heterocycles. The van der Waals surface area contributed by atoms with Gasteiger partial charge in [-0.15, -0.1) is 0 Å². The Balaban J connectivity index is 1.72.